The summed E-state index contributed by atoms with van der Waals surface area (Å²) in [6.45, 7) is 2.57. The highest BCUT2D eigenvalue weighted by molar-refractivity contribution is 5.94. The predicted octanol–water partition coefficient (Wildman–Crippen LogP) is 1.28. The molecule has 4 nitrogen and oxygen atoms in total. The molecule has 0 aromatic heterocycles. The van der Waals surface area contributed by atoms with Crippen molar-refractivity contribution < 1.29 is 9.90 Å². The first-order valence-electron chi connectivity index (χ1n) is 7.04. The number of rotatable bonds is 2. The van der Waals surface area contributed by atoms with Gasteiger partial charge in [-0.2, -0.15) is 0 Å². The van der Waals surface area contributed by atoms with Gasteiger partial charge in [0.2, 0.25) is 0 Å². The van der Waals surface area contributed by atoms with Crippen molar-refractivity contribution in [3.05, 3.63) is 34.9 Å². The van der Waals surface area contributed by atoms with Crippen LogP contribution in [0.5, 0.6) is 0 Å². The Balaban J connectivity index is 1.82. The summed E-state index contributed by atoms with van der Waals surface area (Å²) < 4.78 is 0. The molecule has 1 aromatic rings. The maximum Gasteiger partial charge on any atom is 0.254 e. The molecule has 0 saturated carbocycles. The number of likely N-dealkylation sites (tertiary alicyclic amines) is 1. The number of amides is 1. The molecule has 2 aliphatic heterocycles. The minimum Gasteiger partial charge on any atom is -0.394 e. The van der Waals surface area contributed by atoms with Crippen molar-refractivity contribution in [2.75, 3.05) is 13.2 Å². The average Bonchev–Trinajstić information content (AvgIpc) is 2.93. The quantitative estimate of drug-likeness (QED) is 0.842. The Bertz CT molecular complexity index is 487. The van der Waals surface area contributed by atoms with Gasteiger partial charge in [-0.05, 0) is 42.5 Å². The molecule has 19 heavy (non-hydrogen) atoms. The largest absolute Gasteiger partial charge is 0.394 e. The van der Waals surface area contributed by atoms with Gasteiger partial charge < -0.3 is 15.3 Å². The zero-order chi connectivity index (χ0) is 13.2. The molecule has 1 unspecified atom stereocenters. The zero-order valence-electron chi connectivity index (χ0n) is 11.1. The van der Waals surface area contributed by atoms with E-state index >= 15 is 0 Å². The maximum absolute atomic E-state index is 12.6. The molecule has 4 heteroatoms. The van der Waals surface area contributed by atoms with Crippen LogP contribution in [-0.4, -0.2) is 35.1 Å². The Hall–Kier alpha value is -1.39. The van der Waals surface area contributed by atoms with Crippen LogP contribution in [0.15, 0.2) is 18.2 Å². The van der Waals surface area contributed by atoms with E-state index < -0.39 is 0 Å². The van der Waals surface area contributed by atoms with Crippen LogP contribution in [0, 0.1) is 0 Å². The van der Waals surface area contributed by atoms with E-state index in [0.717, 1.165) is 44.5 Å². The molecule has 0 radical (unpaired) electrons. The Morgan fingerprint density at radius 1 is 1.32 bits per heavy atom. The van der Waals surface area contributed by atoms with Crippen LogP contribution in [0.2, 0.25) is 0 Å². The second-order valence-electron chi connectivity index (χ2n) is 5.42. The molecule has 1 amide bonds. The van der Waals surface area contributed by atoms with E-state index in [1.807, 2.05) is 23.1 Å². The normalized spacial score (nSPS) is 22.4. The molecule has 2 aliphatic rings. The van der Waals surface area contributed by atoms with Gasteiger partial charge in [0.1, 0.15) is 0 Å². The van der Waals surface area contributed by atoms with Crippen molar-refractivity contribution in [1.82, 2.24) is 10.2 Å². The van der Waals surface area contributed by atoms with E-state index in [1.54, 1.807) is 0 Å². The first-order chi connectivity index (χ1) is 9.29. The molecule has 0 aliphatic carbocycles. The number of nitrogens with one attached hydrogen (secondary N) is 1. The summed E-state index contributed by atoms with van der Waals surface area (Å²) in [7, 11) is 0. The number of benzene rings is 1. The molecule has 1 atom stereocenters. The zero-order valence-corrected chi connectivity index (χ0v) is 11.1. The number of nitrogens with zero attached hydrogens (tertiary/aromatic N) is 1. The van der Waals surface area contributed by atoms with E-state index in [2.05, 4.69) is 5.32 Å². The third kappa shape index (κ3) is 2.38. The van der Waals surface area contributed by atoms with Crippen LogP contribution in [-0.2, 0) is 13.1 Å². The lowest BCUT2D eigenvalue weighted by atomic mass is 10.00. The van der Waals surface area contributed by atoms with Gasteiger partial charge in [0.15, 0.2) is 0 Å². The van der Waals surface area contributed by atoms with E-state index in [9.17, 15) is 9.90 Å². The smallest absolute Gasteiger partial charge is 0.254 e. The fourth-order valence-corrected chi connectivity index (χ4v) is 3.05. The molecule has 2 heterocycles. The predicted molar refractivity (Wildman–Crippen MR) is 72.7 cm³/mol. The van der Waals surface area contributed by atoms with Crippen LogP contribution in [0.1, 0.15) is 40.7 Å². The molecule has 1 aromatic carbocycles. The molecule has 1 saturated heterocycles. The molecular formula is C15H20N2O2. The van der Waals surface area contributed by atoms with Gasteiger partial charge in [-0.15, -0.1) is 0 Å². The number of hydrogen-bond acceptors (Lipinski definition) is 3. The Morgan fingerprint density at radius 3 is 3.00 bits per heavy atom. The second-order valence-corrected chi connectivity index (χ2v) is 5.42. The summed E-state index contributed by atoms with van der Waals surface area (Å²) >= 11 is 0. The fourth-order valence-electron chi connectivity index (χ4n) is 3.05. The van der Waals surface area contributed by atoms with Crippen molar-refractivity contribution in [3.63, 3.8) is 0 Å². The van der Waals surface area contributed by atoms with Gasteiger partial charge >= 0.3 is 0 Å². The average molecular weight is 260 g/mol. The van der Waals surface area contributed by atoms with E-state index in [1.165, 1.54) is 11.1 Å². The lowest BCUT2D eigenvalue weighted by Gasteiger charge is -2.34. The summed E-state index contributed by atoms with van der Waals surface area (Å²) in [5.41, 5.74) is 3.26. The van der Waals surface area contributed by atoms with Gasteiger partial charge in [-0.1, -0.05) is 6.07 Å². The number of fused-ring (bicyclic) bond motifs is 1. The third-order valence-corrected chi connectivity index (χ3v) is 4.18. The molecular weight excluding hydrogens is 240 g/mol. The van der Waals surface area contributed by atoms with Crippen LogP contribution in [0.25, 0.3) is 0 Å². The number of hydrogen-bond donors (Lipinski definition) is 2. The monoisotopic (exact) mass is 260 g/mol. The van der Waals surface area contributed by atoms with Crippen LogP contribution < -0.4 is 5.32 Å². The fraction of sp³-hybridized carbons (Fsp3) is 0.533. The van der Waals surface area contributed by atoms with Crippen LogP contribution in [0.4, 0.5) is 0 Å². The van der Waals surface area contributed by atoms with E-state index in [4.69, 9.17) is 0 Å². The standard InChI is InChI=1S/C15H20N2O2/c18-10-14-3-1-2-6-17(14)15(19)11-4-5-12-8-16-9-13(12)7-11/h4-5,7,14,16,18H,1-3,6,8-10H2. The Labute approximate surface area is 113 Å². The van der Waals surface area contributed by atoms with E-state index in [-0.39, 0.29) is 18.6 Å². The maximum atomic E-state index is 12.6. The van der Waals surface area contributed by atoms with E-state index in [0.29, 0.717) is 0 Å². The van der Waals surface area contributed by atoms with Crippen molar-refractivity contribution in [2.45, 2.75) is 38.4 Å². The summed E-state index contributed by atoms with van der Waals surface area (Å²) in [6.07, 6.45) is 3.05. The summed E-state index contributed by atoms with van der Waals surface area (Å²) in [5, 5.41) is 12.7. The second kappa shape index (κ2) is 5.31. The minimum atomic E-state index is -0.00682. The molecule has 2 N–H and O–H groups in total. The van der Waals surface area contributed by atoms with Gasteiger partial charge in [0.25, 0.3) is 5.91 Å². The highest BCUT2D eigenvalue weighted by Gasteiger charge is 2.27. The third-order valence-electron chi connectivity index (χ3n) is 4.18. The molecule has 0 spiro atoms. The highest BCUT2D eigenvalue weighted by Crippen LogP contribution is 2.22. The number of piperidine rings is 1. The Kier molecular flexibility index (Phi) is 3.53. The first kappa shape index (κ1) is 12.6. The topological polar surface area (TPSA) is 52.6 Å². The molecule has 1 fully saturated rings. The summed E-state index contributed by atoms with van der Waals surface area (Å²) in [5.74, 6) is 0.0634. The van der Waals surface area contributed by atoms with Crippen molar-refractivity contribution >= 4 is 5.91 Å². The number of carbonyl (C=O) groups is 1. The molecule has 102 valence electrons. The van der Waals surface area contributed by atoms with Gasteiger partial charge in [-0.3, -0.25) is 4.79 Å². The summed E-state index contributed by atoms with van der Waals surface area (Å²) in [6, 6.07) is 5.95. The highest BCUT2D eigenvalue weighted by atomic mass is 16.3. The molecule has 3 rings (SSSR count). The number of aliphatic hydroxyl groups excluding tert-OH is 1. The SMILES string of the molecule is O=C(c1ccc2c(c1)CNC2)N1CCCCC1CO. The van der Waals surface area contributed by atoms with Crippen molar-refractivity contribution in [1.29, 1.82) is 0 Å². The summed E-state index contributed by atoms with van der Waals surface area (Å²) in [4.78, 5) is 14.4. The number of carbonyl (C=O) groups excluding carboxylic acids is 1. The van der Waals surface area contributed by atoms with Gasteiger partial charge in [-0.25, -0.2) is 0 Å². The lowest BCUT2D eigenvalue weighted by molar-refractivity contribution is 0.0503. The van der Waals surface area contributed by atoms with Crippen LogP contribution >= 0.6 is 0 Å². The Morgan fingerprint density at radius 2 is 2.16 bits per heavy atom. The first-order valence-corrected chi connectivity index (χ1v) is 7.04. The van der Waals surface area contributed by atoms with Crippen molar-refractivity contribution in [2.24, 2.45) is 0 Å². The lowest BCUT2D eigenvalue weighted by Crippen LogP contribution is -2.45. The number of aliphatic hydroxyl groups is 1. The van der Waals surface area contributed by atoms with Crippen LogP contribution in [0.3, 0.4) is 0 Å². The van der Waals surface area contributed by atoms with Gasteiger partial charge in [0, 0.05) is 25.2 Å². The minimum absolute atomic E-state index is 0.00682. The van der Waals surface area contributed by atoms with Gasteiger partial charge in [0.05, 0.1) is 12.6 Å². The van der Waals surface area contributed by atoms with Crippen molar-refractivity contribution in [3.8, 4) is 0 Å². The molecule has 0 bridgehead atoms.